The molecule has 1 amide bonds. The Hall–Kier alpha value is -2.44. The summed E-state index contributed by atoms with van der Waals surface area (Å²) in [6, 6.07) is 6.77. The van der Waals surface area contributed by atoms with Crippen molar-refractivity contribution in [3.05, 3.63) is 63.2 Å². The molecule has 1 aliphatic rings. The molecule has 0 aliphatic carbocycles. The van der Waals surface area contributed by atoms with Crippen molar-refractivity contribution in [3.8, 4) is 11.4 Å². The fourth-order valence-corrected chi connectivity index (χ4v) is 3.79. The molecule has 8 heteroatoms. The van der Waals surface area contributed by atoms with Crippen molar-refractivity contribution in [1.82, 2.24) is 25.1 Å². The number of H-pyrrole nitrogens is 1. The first kappa shape index (κ1) is 17.9. The second kappa shape index (κ2) is 6.94. The third kappa shape index (κ3) is 3.31. The largest absolute Gasteiger partial charge is 0.330 e. The zero-order chi connectivity index (χ0) is 19.1. The second-order valence-electron chi connectivity index (χ2n) is 6.63. The second-order valence-corrected chi connectivity index (χ2v) is 7.47. The smallest absolute Gasteiger partial charge is 0.256 e. The maximum atomic E-state index is 13.1. The third-order valence-electron chi connectivity index (χ3n) is 4.73. The summed E-state index contributed by atoms with van der Waals surface area (Å²) in [6.45, 7) is 4.25. The summed E-state index contributed by atoms with van der Waals surface area (Å²) >= 11 is 12.3. The number of nitrogens with zero attached hydrogens (tertiary/aromatic N) is 4. The highest BCUT2D eigenvalue weighted by molar-refractivity contribution is 6.35. The molecule has 2 aromatic heterocycles. The van der Waals surface area contributed by atoms with Crippen molar-refractivity contribution < 1.29 is 4.79 Å². The fraction of sp³-hybridized carbons (Fsp3) is 0.263. The number of hydrogen-bond donors (Lipinski definition) is 1. The number of fused-ring (bicyclic) bond motifs is 1. The van der Waals surface area contributed by atoms with Gasteiger partial charge in [-0.1, -0.05) is 23.2 Å². The summed E-state index contributed by atoms with van der Waals surface area (Å²) in [5.74, 6) is 0.501. The Kier molecular flexibility index (Phi) is 4.61. The molecule has 6 nitrogen and oxygen atoms in total. The van der Waals surface area contributed by atoms with E-state index in [4.69, 9.17) is 23.2 Å². The van der Waals surface area contributed by atoms with Gasteiger partial charge in [-0.15, -0.1) is 0 Å². The zero-order valence-corrected chi connectivity index (χ0v) is 16.3. The Morgan fingerprint density at radius 3 is 2.81 bits per heavy atom. The maximum absolute atomic E-state index is 13.1. The van der Waals surface area contributed by atoms with Crippen molar-refractivity contribution in [2.45, 2.75) is 32.9 Å². The molecule has 27 heavy (non-hydrogen) atoms. The van der Waals surface area contributed by atoms with E-state index in [2.05, 4.69) is 20.2 Å². The lowest BCUT2D eigenvalue weighted by Crippen LogP contribution is -2.43. The van der Waals surface area contributed by atoms with Gasteiger partial charge in [-0.2, -0.15) is 5.10 Å². The number of aromatic amines is 1. The lowest BCUT2D eigenvalue weighted by molar-refractivity contribution is 0.0654. The highest BCUT2D eigenvalue weighted by Crippen LogP contribution is 2.31. The van der Waals surface area contributed by atoms with Crippen LogP contribution < -0.4 is 0 Å². The number of halogens is 2. The molecule has 1 unspecified atom stereocenters. The average Bonchev–Trinajstić information content (AvgIpc) is 3.17. The summed E-state index contributed by atoms with van der Waals surface area (Å²) in [5.41, 5.74) is 3.98. The minimum atomic E-state index is -0.153. The average molecular weight is 402 g/mol. The zero-order valence-electron chi connectivity index (χ0n) is 14.8. The summed E-state index contributed by atoms with van der Waals surface area (Å²) in [4.78, 5) is 24.1. The van der Waals surface area contributed by atoms with Gasteiger partial charge < -0.3 is 4.90 Å². The van der Waals surface area contributed by atoms with Crippen LogP contribution in [0.3, 0.4) is 0 Å². The molecule has 138 valence electrons. The van der Waals surface area contributed by atoms with Crippen LogP contribution in [0.1, 0.15) is 34.4 Å². The molecule has 1 atom stereocenters. The van der Waals surface area contributed by atoms with Gasteiger partial charge in [-0.3, -0.25) is 9.89 Å². The first-order valence-corrected chi connectivity index (χ1v) is 9.32. The number of aryl methyl sites for hydroxylation is 1. The lowest BCUT2D eigenvalue weighted by atomic mass is 9.95. The number of amides is 1. The first-order valence-electron chi connectivity index (χ1n) is 8.56. The first-order chi connectivity index (χ1) is 12.9. The molecule has 0 fully saturated rings. The monoisotopic (exact) mass is 401 g/mol. The Balaban J connectivity index is 1.73. The maximum Gasteiger partial charge on any atom is 0.256 e. The van der Waals surface area contributed by atoms with Crippen LogP contribution in [0.15, 0.2) is 30.5 Å². The van der Waals surface area contributed by atoms with Gasteiger partial charge in [0.25, 0.3) is 5.91 Å². The van der Waals surface area contributed by atoms with Crippen LogP contribution in [0.2, 0.25) is 10.0 Å². The van der Waals surface area contributed by atoms with E-state index in [-0.39, 0.29) is 11.9 Å². The van der Waals surface area contributed by atoms with Crippen molar-refractivity contribution in [3.63, 3.8) is 0 Å². The van der Waals surface area contributed by atoms with Gasteiger partial charge in [0.1, 0.15) is 5.82 Å². The highest BCUT2D eigenvalue weighted by atomic mass is 35.5. The van der Waals surface area contributed by atoms with E-state index in [9.17, 15) is 4.79 Å². The van der Waals surface area contributed by atoms with E-state index in [1.165, 1.54) is 0 Å². The molecule has 1 N–H and O–H groups in total. The van der Waals surface area contributed by atoms with Crippen LogP contribution in [0.5, 0.6) is 0 Å². The van der Waals surface area contributed by atoms with E-state index < -0.39 is 0 Å². The molecule has 3 aromatic rings. The van der Waals surface area contributed by atoms with Crippen LogP contribution >= 0.6 is 23.2 Å². The third-order valence-corrected chi connectivity index (χ3v) is 5.30. The van der Waals surface area contributed by atoms with Crippen LogP contribution in [0, 0.1) is 6.92 Å². The number of carbonyl (C=O) groups excluding carboxylic acids is 1. The molecular formula is C19H17Cl2N5O. The molecule has 1 aliphatic heterocycles. The van der Waals surface area contributed by atoms with E-state index in [1.807, 2.05) is 19.9 Å². The number of benzene rings is 1. The SMILES string of the molecule is Cc1nc2c(c(-c3ccn[nH]3)n1)CC(C)N(C(=O)c1cc(Cl)ccc1Cl)C2. The molecule has 3 heterocycles. The predicted molar refractivity (Wildman–Crippen MR) is 104 cm³/mol. The van der Waals surface area contributed by atoms with Crippen LogP contribution in [-0.2, 0) is 13.0 Å². The minimum absolute atomic E-state index is 0.0342. The molecule has 0 saturated carbocycles. The van der Waals surface area contributed by atoms with Gasteiger partial charge >= 0.3 is 0 Å². The molecule has 0 spiro atoms. The summed E-state index contributed by atoms with van der Waals surface area (Å²) in [5, 5.41) is 7.85. The number of rotatable bonds is 2. The standard InChI is InChI=1S/C19H17Cl2N5O/c1-10-7-14-17(23-11(2)24-18(14)16-5-6-22-25-16)9-26(10)19(27)13-8-12(20)3-4-15(13)21/h3-6,8,10H,7,9H2,1-2H3,(H,22,25). The Labute approximate surface area is 166 Å². The van der Waals surface area contributed by atoms with Gasteiger partial charge in [-0.25, -0.2) is 9.97 Å². The van der Waals surface area contributed by atoms with Crippen molar-refractivity contribution in [2.24, 2.45) is 0 Å². The molecule has 0 radical (unpaired) electrons. The van der Waals surface area contributed by atoms with Gasteiger partial charge in [-0.05, 0) is 44.5 Å². The van der Waals surface area contributed by atoms with Gasteiger partial charge in [0, 0.05) is 22.8 Å². The number of nitrogens with one attached hydrogen (secondary N) is 1. The lowest BCUT2D eigenvalue weighted by Gasteiger charge is -2.35. The van der Waals surface area contributed by atoms with Crippen LogP contribution in [0.25, 0.3) is 11.4 Å². The van der Waals surface area contributed by atoms with Gasteiger partial charge in [0.2, 0.25) is 0 Å². The highest BCUT2D eigenvalue weighted by Gasteiger charge is 2.32. The van der Waals surface area contributed by atoms with E-state index in [0.717, 1.165) is 22.6 Å². The fourth-order valence-electron chi connectivity index (χ4n) is 3.42. The molecule has 0 bridgehead atoms. The summed E-state index contributed by atoms with van der Waals surface area (Å²) < 4.78 is 0. The normalized spacial score (nSPS) is 16.3. The van der Waals surface area contributed by atoms with Gasteiger partial charge in [0.15, 0.2) is 0 Å². The number of hydrogen-bond acceptors (Lipinski definition) is 4. The van der Waals surface area contributed by atoms with Crippen LogP contribution in [0.4, 0.5) is 0 Å². The number of aromatic nitrogens is 4. The van der Waals surface area contributed by atoms with Crippen LogP contribution in [-0.4, -0.2) is 37.0 Å². The van der Waals surface area contributed by atoms with E-state index >= 15 is 0 Å². The molecule has 4 rings (SSSR count). The quantitative estimate of drug-likeness (QED) is 0.701. The Morgan fingerprint density at radius 2 is 2.07 bits per heavy atom. The molecular weight excluding hydrogens is 385 g/mol. The summed E-state index contributed by atoms with van der Waals surface area (Å²) in [6.07, 6.45) is 2.34. The van der Waals surface area contributed by atoms with E-state index in [1.54, 1.807) is 29.3 Å². The van der Waals surface area contributed by atoms with Gasteiger partial charge in [0.05, 0.1) is 34.2 Å². The molecule has 1 aromatic carbocycles. The Bertz CT molecular complexity index is 1020. The van der Waals surface area contributed by atoms with Crippen molar-refractivity contribution in [2.75, 3.05) is 0 Å². The predicted octanol–water partition coefficient (Wildman–Crippen LogP) is 4.07. The Morgan fingerprint density at radius 1 is 1.26 bits per heavy atom. The minimum Gasteiger partial charge on any atom is -0.330 e. The molecule has 0 saturated heterocycles. The number of carbonyl (C=O) groups is 1. The van der Waals surface area contributed by atoms with Crippen molar-refractivity contribution in [1.29, 1.82) is 0 Å². The topological polar surface area (TPSA) is 74.8 Å². The summed E-state index contributed by atoms with van der Waals surface area (Å²) in [7, 11) is 0. The van der Waals surface area contributed by atoms with Crippen molar-refractivity contribution >= 4 is 29.1 Å². The van der Waals surface area contributed by atoms with E-state index in [0.29, 0.717) is 34.4 Å².